The molecule has 7 nitrogen and oxygen atoms in total. The number of hydrogen-bond acceptors (Lipinski definition) is 5. The van der Waals surface area contributed by atoms with E-state index in [0.717, 1.165) is 83.1 Å². The predicted molar refractivity (Wildman–Crippen MR) is 166 cm³/mol. The van der Waals surface area contributed by atoms with E-state index >= 15 is 0 Å². The van der Waals surface area contributed by atoms with Gasteiger partial charge in [-0.15, -0.1) is 0 Å². The lowest BCUT2D eigenvalue weighted by Crippen LogP contribution is -2.36. The van der Waals surface area contributed by atoms with E-state index in [1.807, 2.05) is 29.7 Å². The van der Waals surface area contributed by atoms with Crippen molar-refractivity contribution in [3.05, 3.63) is 98.9 Å². The van der Waals surface area contributed by atoms with Gasteiger partial charge in [0.25, 0.3) is 0 Å². The molecule has 41 heavy (non-hydrogen) atoms. The van der Waals surface area contributed by atoms with E-state index in [2.05, 4.69) is 56.5 Å². The predicted octanol–water partition coefficient (Wildman–Crippen LogP) is 6.32. The number of halogens is 2. The SMILES string of the molecule is Cc1ccc(/C=C/CN2CCc3c(c4ccc(N5CCOCC5)cc4n3C(=O)NCc3ccnc(Cl)c3)C2)cc1Cl. The molecule has 4 heterocycles. The molecule has 6 rings (SSSR count). The molecule has 0 saturated carbocycles. The summed E-state index contributed by atoms with van der Waals surface area (Å²) in [6.45, 7) is 7.95. The average molecular weight is 591 g/mol. The molecule has 9 heteroatoms. The zero-order valence-electron chi connectivity index (χ0n) is 23.1. The van der Waals surface area contributed by atoms with Gasteiger partial charge in [0.05, 0.1) is 18.7 Å². The lowest BCUT2D eigenvalue weighted by Gasteiger charge is -2.29. The second-order valence-electron chi connectivity index (χ2n) is 10.6. The number of hydrogen-bond donors (Lipinski definition) is 1. The van der Waals surface area contributed by atoms with Crippen LogP contribution in [-0.4, -0.2) is 59.9 Å². The number of aromatic nitrogens is 2. The maximum Gasteiger partial charge on any atom is 0.326 e. The number of fused-ring (bicyclic) bond motifs is 3. The van der Waals surface area contributed by atoms with Gasteiger partial charge in [-0.3, -0.25) is 9.47 Å². The highest BCUT2D eigenvalue weighted by molar-refractivity contribution is 6.31. The highest BCUT2D eigenvalue weighted by atomic mass is 35.5. The number of benzene rings is 2. The largest absolute Gasteiger partial charge is 0.378 e. The van der Waals surface area contributed by atoms with Crippen LogP contribution in [0.15, 0.2) is 60.8 Å². The maximum atomic E-state index is 13.7. The minimum absolute atomic E-state index is 0.132. The van der Waals surface area contributed by atoms with E-state index in [-0.39, 0.29) is 6.03 Å². The van der Waals surface area contributed by atoms with E-state index in [1.165, 1.54) is 5.56 Å². The molecule has 2 aromatic heterocycles. The Bertz CT molecular complexity index is 1610. The summed E-state index contributed by atoms with van der Waals surface area (Å²) in [5, 5.41) is 5.43. The summed E-state index contributed by atoms with van der Waals surface area (Å²) in [6, 6.07) is 16.2. The van der Waals surface area contributed by atoms with Crippen molar-refractivity contribution in [1.82, 2.24) is 19.8 Å². The molecule has 212 valence electrons. The molecular formula is C32H33Cl2N5O2. The van der Waals surface area contributed by atoms with E-state index in [1.54, 1.807) is 12.3 Å². The van der Waals surface area contributed by atoms with Crippen LogP contribution in [0.5, 0.6) is 0 Å². The van der Waals surface area contributed by atoms with E-state index in [9.17, 15) is 4.79 Å². The summed E-state index contributed by atoms with van der Waals surface area (Å²) in [7, 11) is 0. The van der Waals surface area contributed by atoms with Crippen molar-refractivity contribution < 1.29 is 9.53 Å². The first-order chi connectivity index (χ1) is 20.0. The number of aryl methyl sites for hydroxylation is 1. The highest BCUT2D eigenvalue weighted by Crippen LogP contribution is 2.34. The molecule has 0 radical (unpaired) electrons. The standard InChI is InChI=1S/C32H33Cl2N5O2/c1-22-4-5-23(17-28(22)33)3-2-11-37-12-9-29-27(21-37)26-7-6-25(38-13-15-41-16-14-38)19-30(26)39(29)32(40)36-20-24-8-10-35-31(34)18-24/h2-8,10,17-19H,9,11-16,20-21H2,1H3,(H,36,40)/b3-2+. The first-order valence-electron chi connectivity index (χ1n) is 14.0. The molecule has 1 amide bonds. The van der Waals surface area contributed by atoms with Crippen LogP contribution in [0.1, 0.15) is 27.9 Å². The van der Waals surface area contributed by atoms with E-state index in [0.29, 0.717) is 24.9 Å². The van der Waals surface area contributed by atoms with Crippen LogP contribution >= 0.6 is 23.2 Å². The minimum atomic E-state index is -0.132. The number of carbonyl (C=O) groups is 1. The molecule has 2 aliphatic rings. The third-order valence-electron chi connectivity index (χ3n) is 7.90. The van der Waals surface area contributed by atoms with E-state index < -0.39 is 0 Å². The zero-order valence-corrected chi connectivity index (χ0v) is 24.6. The minimum Gasteiger partial charge on any atom is -0.378 e. The van der Waals surface area contributed by atoms with Crippen LogP contribution in [0.25, 0.3) is 17.0 Å². The molecule has 2 aliphatic heterocycles. The van der Waals surface area contributed by atoms with Crippen LogP contribution in [0.2, 0.25) is 10.2 Å². The van der Waals surface area contributed by atoms with Crippen LogP contribution in [0, 0.1) is 6.92 Å². The Morgan fingerprint density at radius 2 is 1.93 bits per heavy atom. The van der Waals surface area contributed by atoms with Crippen molar-refractivity contribution in [1.29, 1.82) is 0 Å². The topological polar surface area (TPSA) is 62.6 Å². The van der Waals surface area contributed by atoms with Gasteiger partial charge in [-0.25, -0.2) is 9.78 Å². The molecular weight excluding hydrogens is 557 g/mol. The first kappa shape index (κ1) is 27.8. The van der Waals surface area contributed by atoms with Crippen molar-refractivity contribution in [2.45, 2.75) is 26.4 Å². The number of nitrogens with zero attached hydrogens (tertiary/aromatic N) is 4. The number of amides is 1. The fourth-order valence-electron chi connectivity index (χ4n) is 5.67. The summed E-state index contributed by atoms with van der Waals surface area (Å²) in [5.41, 5.74) is 7.43. The Morgan fingerprint density at radius 3 is 2.73 bits per heavy atom. The first-order valence-corrected chi connectivity index (χ1v) is 14.7. The van der Waals surface area contributed by atoms with Gasteiger partial charge < -0.3 is 15.0 Å². The Hall–Kier alpha value is -3.36. The Morgan fingerprint density at radius 1 is 1.07 bits per heavy atom. The highest BCUT2D eigenvalue weighted by Gasteiger charge is 2.27. The van der Waals surface area contributed by atoms with Gasteiger partial charge in [-0.2, -0.15) is 0 Å². The van der Waals surface area contributed by atoms with Crippen molar-refractivity contribution in [3.63, 3.8) is 0 Å². The van der Waals surface area contributed by atoms with Crippen molar-refractivity contribution in [3.8, 4) is 0 Å². The lowest BCUT2D eigenvalue weighted by atomic mass is 10.0. The van der Waals surface area contributed by atoms with Crippen molar-refractivity contribution in [2.75, 3.05) is 44.3 Å². The Kier molecular flexibility index (Phi) is 8.30. The second-order valence-corrected chi connectivity index (χ2v) is 11.4. The Labute approximate surface area is 250 Å². The molecule has 0 unspecified atom stereocenters. The summed E-state index contributed by atoms with van der Waals surface area (Å²) < 4.78 is 7.45. The molecule has 1 N–H and O–H groups in total. The zero-order chi connectivity index (χ0) is 28.3. The van der Waals surface area contributed by atoms with Gasteiger partial charge in [-0.1, -0.05) is 53.6 Å². The monoisotopic (exact) mass is 589 g/mol. The van der Waals surface area contributed by atoms with Crippen LogP contribution < -0.4 is 10.2 Å². The van der Waals surface area contributed by atoms with Crippen molar-refractivity contribution in [2.24, 2.45) is 0 Å². The number of pyridine rings is 1. The fourth-order valence-corrected chi connectivity index (χ4v) is 6.05. The van der Waals surface area contributed by atoms with Crippen LogP contribution in [0.3, 0.4) is 0 Å². The number of morpholine rings is 1. The van der Waals surface area contributed by atoms with E-state index in [4.69, 9.17) is 27.9 Å². The number of carbonyl (C=O) groups excluding carboxylic acids is 1. The summed E-state index contributed by atoms with van der Waals surface area (Å²) in [6.07, 6.45) is 6.75. The summed E-state index contributed by atoms with van der Waals surface area (Å²) in [4.78, 5) is 22.5. The molecule has 1 fully saturated rings. The third kappa shape index (κ3) is 6.14. The molecule has 0 aliphatic carbocycles. The quantitative estimate of drug-likeness (QED) is 0.267. The molecule has 0 bridgehead atoms. The maximum absolute atomic E-state index is 13.7. The summed E-state index contributed by atoms with van der Waals surface area (Å²) >= 11 is 12.4. The second kappa shape index (κ2) is 12.2. The Balaban J connectivity index is 1.27. The molecule has 0 spiro atoms. The lowest BCUT2D eigenvalue weighted by molar-refractivity contribution is 0.122. The summed E-state index contributed by atoms with van der Waals surface area (Å²) in [5.74, 6) is 0. The normalized spacial score (nSPS) is 15.9. The van der Waals surface area contributed by atoms with Gasteiger partial charge in [0.1, 0.15) is 5.15 Å². The van der Waals surface area contributed by atoms with Crippen LogP contribution in [-0.2, 0) is 24.2 Å². The molecule has 0 atom stereocenters. The van der Waals surface area contributed by atoms with Gasteiger partial charge in [0.15, 0.2) is 0 Å². The van der Waals surface area contributed by atoms with Crippen LogP contribution in [0.4, 0.5) is 10.5 Å². The number of nitrogens with one attached hydrogen (secondary N) is 1. The number of rotatable bonds is 6. The molecule has 4 aromatic rings. The number of anilines is 1. The van der Waals surface area contributed by atoms with Gasteiger partial charge in [-0.05, 0) is 59.5 Å². The van der Waals surface area contributed by atoms with Gasteiger partial charge in [0, 0.05) is 73.7 Å². The average Bonchev–Trinajstić information content (AvgIpc) is 3.31. The molecule has 1 saturated heterocycles. The fraction of sp³-hybridized carbons (Fsp3) is 0.312. The smallest absolute Gasteiger partial charge is 0.326 e. The third-order valence-corrected chi connectivity index (χ3v) is 8.51. The number of ether oxygens (including phenoxy) is 1. The molecule has 2 aromatic carbocycles. The van der Waals surface area contributed by atoms with Crippen molar-refractivity contribution >= 4 is 51.9 Å². The van der Waals surface area contributed by atoms with Gasteiger partial charge in [0.2, 0.25) is 0 Å². The van der Waals surface area contributed by atoms with Gasteiger partial charge >= 0.3 is 6.03 Å².